The number of rotatable bonds is 6. The Morgan fingerprint density at radius 2 is 2.12 bits per heavy atom. The lowest BCUT2D eigenvalue weighted by Crippen LogP contribution is -2.59. The molecule has 32 heavy (non-hydrogen) atoms. The minimum atomic E-state index is -0.561. The van der Waals surface area contributed by atoms with Gasteiger partial charge in [0, 0.05) is 49.1 Å². The maximum atomic E-state index is 13.4. The van der Waals surface area contributed by atoms with Gasteiger partial charge in [-0.05, 0) is 38.0 Å². The fourth-order valence-electron chi connectivity index (χ4n) is 4.83. The number of carbonyl (C=O) groups is 1. The molecule has 3 fully saturated rings. The molecule has 4 heterocycles. The first-order valence-corrected chi connectivity index (χ1v) is 12.5. The van der Waals surface area contributed by atoms with Gasteiger partial charge in [-0.3, -0.25) is 24.0 Å². The number of hydrogen-bond acceptors (Lipinski definition) is 7. The third kappa shape index (κ3) is 3.88. The first kappa shape index (κ1) is 21.7. The van der Waals surface area contributed by atoms with Crippen molar-refractivity contribution in [3.63, 3.8) is 0 Å². The highest BCUT2D eigenvalue weighted by Gasteiger charge is 2.41. The Labute approximate surface area is 189 Å². The largest absolute Gasteiger partial charge is 0.379 e. The molecule has 1 aliphatic carbocycles. The molecule has 172 valence electrons. The molecule has 10 heteroatoms. The Morgan fingerprint density at radius 3 is 2.78 bits per heavy atom. The number of morpholine rings is 1. The molecule has 2 aromatic rings. The summed E-state index contributed by atoms with van der Waals surface area (Å²) in [4.78, 5) is 48.0. The average molecular weight is 460 g/mol. The zero-order valence-corrected chi connectivity index (χ0v) is 19.1. The zero-order valence-electron chi connectivity index (χ0n) is 18.3. The summed E-state index contributed by atoms with van der Waals surface area (Å²) >= 11 is 1.91. The molecule has 1 amide bonds. The second-order valence-electron chi connectivity index (χ2n) is 8.88. The van der Waals surface area contributed by atoms with Crippen LogP contribution in [0.25, 0.3) is 11.0 Å². The van der Waals surface area contributed by atoms with Crippen LogP contribution in [0.2, 0.25) is 0 Å². The van der Waals surface area contributed by atoms with E-state index in [-0.39, 0.29) is 22.8 Å². The highest BCUT2D eigenvalue weighted by atomic mass is 32.2. The van der Waals surface area contributed by atoms with Crippen molar-refractivity contribution in [3.05, 3.63) is 38.2 Å². The molecule has 0 spiro atoms. The van der Waals surface area contributed by atoms with Crippen molar-refractivity contribution in [2.24, 2.45) is 0 Å². The number of aromatic nitrogens is 3. The fourth-order valence-corrected chi connectivity index (χ4v) is 6.31. The van der Waals surface area contributed by atoms with Crippen LogP contribution < -0.4 is 16.6 Å². The van der Waals surface area contributed by atoms with E-state index in [9.17, 15) is 14.4 Å². The summed E-state index contributed by atoms with van der Waals surface area (Å²) < 4.78 is 6.96. The quantitative estimate of drug-likeness (QED) is 0.661. The molecule has 5 rings (SSSR count). The number of H-pyrrole nitrogens is 1. The molecule has 2 saturated heterocycles. The topological polar surface area (TPSA) is 109 Å². The van der Waals surface area contributed by atoms with E-state index in [2.05, 4.69) is 20.2 Å². The maximum absolute atomic E-state index is 13.4. The molecule has 1 unspecified atom stereocenters. The van der Waals surface area contributed by atoms with Crippen molar-refractivity contribution in [1.29, 1.82) is 0 Å². The van der Waals surface area contributed by atoms with Gasteiger partial charge in [0.1, 0.15) is 0 Å². The number of thioether (sulfide) groups is 1. The van der Waals surface area contributed by atoms with Gasteiger partial charge < -0.3 is 10.1 Å². The van der Waals surface area contributed by atoms with Gasteiger partial charge in [0.2, 0.25) is 0 Å². The highest BCUT2D eigenvalue weighted by molar-refractivity contribution is 7.99. The van der Waals surface area contributed by atoms with Crippen LogP contribution in [0.1, 0.15) is 48.2 Å². The van der Waals surface area contributed by atoms with E-state index < -0.39 is 11.2 Å². The first-order chi connectivity index (χ1) is 15.5. The summed E-state index contributed by atoms with van der Waals surface area (Å²) in [5.74, 6) is 2.04. The lowest BCUT2D eigenvalue weighted by Gasteiger charge is -2.43. The number of pyridine rings is 1. The number of nitrogens with zero attached hydrogens (tertiary/aromatic N) is 3. The van der Waals surface area contributed by atoms with Gasteiger partial charge in [-0.2, -0.15) is 11.8 Å². The van der Waals surface area contributed by atoms with E-state index in [1.54, 1.807) is 6.07 Å². The lowest BCUT2D eigenvalue weighted by molar-refractivity contribution is -0.0129. The Balaban J connectivity index is 1.50. The lowest BCUT2D eigenvalue weighted by atomic mass is 9.95. The van der Waals surface area contributed by atoms with Crippen molar-refractivity contribution in [2.75, 3.05) is 44.4 Å². The molecule has 0 bridgehead atoms. The van der Waals surface area contributed by atoms with Gasteiger partial charge in [-0.15, -0.1) is 0 Å². The van der Waals surface area contributed by atoms with E-state index in [0.29, 0.717) is 37.5 Å². The normalized spacial score (nSPS) is 24.2. The summed E-state index contributed by atoms with van der Waals surface area (Å²) in [6, 6.07) is 1.75. The molecule has 0 radical (unpaired) electrons. The minimum absolute atomic E-state index is 0.0931. The monoisotopic (exact) mass is 459 g/mol. The number of aryl methyl sites for hydroxylation is 1. The number of fused-ring (bicyclic) bond motifs is 1. The van der Waals surface area contributed by atoms with Gasteiger partial charge in [0.15, 0.2) is 5.65 Å². The van der Waals surface area contributed by atoms with Gasteiger partial charge in [-0.1, -0.05) is 0 Å². The van der Waals surface area contributed by atoms with Crippen LogP contribution in [0.15, 0.2) is 15.7 Å². The Morgan fingerprint density at radius 1 is 1.34 bits per heavy atom. The Kier molecular flexibility index (Phi) is 5.85. The van der Waals surface area contributed by atoms with Crippen molar-refractivity contribution in [1.82, 2.24) is 24.8 Å². The molecule has 3 aliphatic rings. The van der Waals surface area contributed by atoms with E-state index in [1.807, 2.05) is 18.7 Å². The molecule has 1 saturated carbocycles. The number of hydrogen-bond donors (Lipinski definition) is 2. The molecule has 9 nitrogen and oxygen atoms in total. The highest BCUT2D eigenvalue weighted by Crippen LogP contribution is 2.40. The first-order valence-electron chi connectivity index (χ1n) is 11.4. The third-order valence-electron chi connectivity index (χ3n) is 6.87. The summed E-state index contributed by atoms with van der Waals surface area (Å²) in [6.07, 6.45) is 3.03. The minimum Gasteiger partial charge on any atom is -0.379 e. The van der Waals surface area contributed by atoms with Crippen LogP contribution >= 0.6 is 11.8 Å². The van der Waals surface area contributed by atoms with Crippen LogP contribution in [0, 0.1) is 0 Å². The van der Waals surface area contributed by atoms with Crippen LogP contribution in [-0.4, -0.2) is 75.2 Å². The van der Waals surface area contributed by atoms with E-state index in [0.717, 1.165) is 49.6 Å². The van der Waals surface area contributed by atoms with Crippen LogP contribution in [0.5, 0.6) is 0 Å². The van der Waals surface area contributed by atoms with E-state index in [1.165, 1.54) is 4.57 Å². The van der Waals surface area contributed by atoms with Crippen molar-refractivity contribution < 1.29 is 9.53 Å². The Hall–Kier alpha value is -2.17. The molecule has 2 aliphatic heterocycles. The number of ether oxygens (including phenoxy) is 1. The summed E-state index contributed by atoms with van der Waals surface area (Å²) in [7, 11) is 0. The van der Waals surface area contributed by atoms with Crippen LogP contribution in [0.4, 0.5) is 0 Å². The van der Waals surface area contributed by atoms with Gasteiger partial charge in [-0.25, -0.2) is 9.78 Å². The predicted octanol–water partition coefficient (Wildman–Crippen LogP) is 0.920. The van der Waals surface area contributed by atoms with Crippen LogP contribution in [-0.2, 0) is 11.3 Å². The van der Waals surface area contributed by atoms with Gasteiger partial charge in [0.25, 0.3) is 11.5 Å². The summed E-state index contributed by atoms with van der Waals surface area (Å²) in [5.41, 5.74) is 0.247. The van der Waals surface area contributed by atoms with Crippen molar-refractivity contribution in [2.45, 2.75) is 44.2 Å². The van der Waals surface area contributed by atoms with Gasteiger partial charge in [0.05, 0.1) is 24.2 Å². The van der Waals surface area contributed by atoms with Crippen LogP contribution in [0.3, 0.4) is 0 Å². The van der Waals surface area contributed by atoms with E-state index in [4.69, 9.17) is 4.74 Å². The average Bonchev–Trinajstić information content (AvgIpc) is 3.55. The molecule has 2 N–H and O–H groups in total. The number of aromatic amines is 1. The summed E-state index contributed by atoms with van der Waals surface area (Å²) in [6.45, 7) is 5.87. The molecule has 0 aromatic carbocycles. The predicted molar refractivity (Wildman–Crippen MR) is 124 cm³/mol. The second-order valence-corrected chi connectivity index (χ2v) is 9.99. The summed E-state index contributed by atoms with van der Waals surface area (Å²) in [5, 5.41) is 3.32. The second kappa shape index (κ2) is 8.64. The molecular weight excluding hydrogens is 430 g/mol. The zero-order chi connectivity index (χ0) is 22.3. The van der Waals surface area contributed by atoms with Crippen molar-refractivity contribution in [3.8, 4) is 0 Å². The Bertz CT molecular complexity index is 1140. The molecule has 1 atom stereocenters. The standard InChI is InChI=1S/C22H29N5O4S/c1-2-27-18-17(20(29)25-21(27)30)15(11-16(24-18)14-3-4-14)19(28)23-12-22(5-10-32-13-22)26-6-8-31-9-7-26/h11,14H,2-10,12-13H2,1H3,(H,23,28)(H,25,29,30). The SMILES string of the molecule is CCn1c(=O)[nH]c(=O)c2c(C(=O)NCC3(N4CCOCC4)CCSC3)cc(C3CC3)nc21. The number of amides is 1. The number of nitrogens with one attached hydrogen (secondary N) is 2. The number of carbonyl (C=O) groups excluding carboxylic acids is 1. The molecule has 2 aromatic heterocycles. The van der Waals surface area contributed by atoms with Crippen molar-refractivity contribution >= 4 is 28.7 Å². The maximum Gasteiger partial charge on any atom is 0.329 e. The molecular formula is C22H29N5O4S. The van der Waals surface area contributed by atoms with Gasteiger partial charge >= 0.3 is 5.69 Å². The fraction of sp³-hybridized carbons (Fsp3) is 0.636. The third-order valence-corrected chi connectivity index (χ3v) is 8.10. The smallest absolute Gasteiger partial charge is 0.329 e. The van der Waals surface area contributed by atoms with E-state index >= 15 is 0 Å².